The molecule has 0 radical (unpaired) electrons. The van der Waals surface area contributed by atoms with E-state index in [9.17, 15) is 0 Å². The predicted molar refractivity (Wildman–Crippen MR) is 196 cm³/mol. The van der Waals surface area contributed by atoms with Crippen LogP contribution in [-0.4, -0.2) is 22.8 Å². The summed E-state index contributed by atoms with van der Waals surface area (Å²) < 4.78 is 6.73. The molecule has 0 amide bonds. The number of aromatic nitrogens is 2. The van der Waals surface area contributed by atoms with Gasteiger partial charge >= 0.3 is 233 Å². The molecule has 0 saturated carbocycles. The maximum atomic E-state index is 5.40. The quantitative estimate of drug-likeness (QED) is 0.163. The summed E-state index contributed by atoms with van der Waals surface area (Å²) >= 11 is -0.0367. The standard InChI is InChI=1S/C40H40GeN2S/c1-25(2)33-22-28(27-14-9-8-10-15-27)23-34(26(3)4)38(33)43-36-19-12-11-18-35(36)42-40(43)32-17-13-16-31-30-21-20-29(41(5,6)7)24-37(30)44-39(31)32/h8-26H,1-7H3. The summed E-state index contributed by atoms with van der Waals surface area (Å²) in [7, 11) is 0. The molecule has 0 N–H and O–H groups in total. The Morgan fingerprint density at radius 3 is 2.02 bits per heavy atom. The molecule has 2 heterocycles. The van der Waals surface area contributed by atoms with Gasteiger partial charge in [0.05, 0.1) is 0 Å². The molecular formula is C40H40GeN2S. The molecular weight excluding hydrogens is 613 g/mol. The average molecular weight is 653 g/mol. The fourth-order valence-corrected chi connectivity index (χ4v) is 10.4. The molecule has 220 valence electrons. The molecule has 0 aliphatic carbocycles. The molecule has 0 aliphatic rings. The van der Waals surface area contributed by atoms with Crippen molar-refractivity contribution in [2.75, 3.05) is 0 Å². The molecule has 7 rings (SSSR count). The zero-order valence-corrected chi connectivity index (χ0v) is 29.7. The van der Waals surface area contributed by atoms with Gasteiger partial charge in [0, 0.05) is 0 Å². The maximum absolute atomic E-state index is 5.40. The molecule has 0 fully saturated rings. The van der Waals surface area contributed by atoms with Crippen LogP contribution in [0.2, 0.25) is 17.3 Å². The van der Waals surface area contributed by atoms with Crippen LogP contribution in [0.25, 0.3) is 59.4 Å². The third-order valence-electron chi connectivity index (χ3n) is 8.91. The summed E-state index contributed by atoms with van der Waals surface area (Å²) in [5.74, 6) is 9.12. The first kappa shape index (κ1) is 29.1. The molecule has 0 aliphatic heterocycles. The van der Waals surface area contributed by atoms with Crippen molar-refractivity contribution in [3.63, 3.8) is 0 Å². The monoisotopic (exact) mass is 654 g/mol. The zero-order chi connectivity index (χ0) is 30.7. The van der Waals surface area contributed by atoms with Gasteiger partial charge in [-0.15, -0.1) is 0 Å². The number of imidazole rings is 1. The third kappa shape index (κ3) is 4.91. The van der Waals surface area contributed by atoms with Crippen molar-refractivity contribution < 1.29 is 0 Å². The second-order valence-electron chi connectivity index (χ2n) is 13.7. The Kier molecular flexibility index (Phi) is 7.30. The van der Waals surface area contributed by atoms with Crippen molar-refractivity contribution in [1.29, 1.82) is 0 Å². The number of fused-ring (bicyclic) bond motifs is 4. The number of nitrogens with zero attached hydrogens (tertiary/aromatic N) is 2. The fourth-order valence-electron chi connectivity index (χ4n) is 6.49. The zero-order valence-electron chi connectivity index (χ0n) is 26.8. The number of para-hydroxylation sites is 2. The van der Waals surface area contributed by atoms with E-state index in [-0.39, 0.29) is 0 Å². The molecule has 4 heteroatoms. The molecule has 44 heavy (non-hydrogen) atoms. The van der Waals surface area contributed by atoms with Gasteiger partial charge in [0.25, 0.3) is 0 Å². The molecule has 2 aromatic heterocycles. The van der Waals surface area contributed by atoms with Crippen LogP contribution in [0.4, 0.5) is 0 Å². The van der Waals surface area contributed by atoms with E-state index in [4.69, 9.17) is 4.98 Å². The fraction of sp³-hybridized carbons (Fsp3) is 0.225. The van der Waals surface area contributed by atoms with Crippen molar-refractivity contribution in [2.45, 2.75) is 56.8 Å². The van der Waals surface area contributed by atoms with Gasteiger partial charge in [-0.05, 0) is 5.56 Å². The van der Waals surface area contributed by atoms with Crippen molar-refractivity contribution in [2.24, 2.45) is 0 Å². The minimum atomic E-state index is -1.96. The van der Waals surface area contributed by atoms with E-state index in [2.05, 4.69) is 153 Å². The first-order valence-electron chi connectivity index (χ1n) is 15.8. The van der Waals surface area contributed by atoms with Gasteiger partial charge in [0.2, 0.25) is 0 Å². The van der Waals surface area contributed by atoms with Crippen molar-refractivity contribution >= 4 is 60.2 Å². The molecule has 0 saturated heterocycles. The number of hydrogen-bond donors (Lipinski definition) is 0. The first-order chi connectivity index (χ1) is 21.1. The summed E-state index contributed by atoms with van der Waals surface area (Å²) in [6.07, 6.45) is 0. The van der Waals surface area contributed by atoms with Crippen LogP contribution >= 0.6 is 11.3 Å². The summed E-state index contributed by atoms with van der Waals surface area (Å²) in [4.78, 5) is 5.40. The normalized spacial score (nSPS) is 12.4. The Morgan fingerprint density at radius 1 is 0.659 bits per heavy atom. The van der Waals surface area contributed by atoms with Crippen LogP contribution in [0.15, 0.2) is 103 Å². The molecule has 7 aromatic rings. The van der Waals surface area contributed by atoms with Crippen LogP contribution in [0.3, 0.4) is 0 Å². The summed E-state index contributed by atoms with van der Waals surface area (Å²) in [5.41, 5.74) is 9.90. The van der Waals surface area contributed by atoms with Gasteiger partial charge in [-0.1, -0.05) is 30.3 Å². The van der Waals surface area contributed by atoms with Crippen molar-refractivity contribution in [3.8, 4) is 28.2 Å². The van der Waals surface area contributed by atoms with E-state index < -0.39 is 13.3 Å². The van der Waals surface area contributed by atoms with E-state index in [0.717, 1.165) is 16.9 Å². The number of hydrogen-bond acceptors (Lipinski definition) is 2. The van der Waals surface area contributed by atoms with E-state index in [1.165, 1.54) is 53.7 Å². The number of rotatable bonds is 6. The topological polar surface area (TPSA) is 17.8 Å². The Morgan fingerprint density at radius 2 is 1.34 bits per heavy atom. The van der Waals surface area contributed by atoms with Crippen molar-refractivity contribution in [1.82, 2.24) is 9.55 Å². The van der Waals surface area contributed by atoms with Gasteiger partial charge in [-0.25, -0.2) is 0 Å². The van der Waals surface area contributed by atoms with Crippen LogP contribution < -0.4 is 4.40 Å². The molecule has 5 aromatic carbocycles. The van der Waals surface area contributed by atoms with E-state index >= 15 is 0 Å². The van der Waals surface area contributed by atoms with Crippen LogP contribution in [0.5, 0.6) is 0 Å². The van der Waals surface area contributed by atoms with E-state index in [1.54, 1.807) is 4.40 Å². The Bertz CT molecular complexity index is 2130. The Labute approximate surface area is 267 Å². The summed E-state index contributed by atoms with van der Waals surface area (Å²) in [6.45, 7) is 9.28. The van der Waals surface area contributed by atoms with Gasteiger partial charge < -0.3 is 0 Å². The van der Waals surface area contributed by atoms with Gasteiger partial charge in [-0.2, -0.15) is 0 Å². The minimum absolute atomic E-state index is 0.335. The molecule has 0 bridgehead atoms. The number of benzene rings is 5. The van der Waals surface area contributed by atoms with Gasteiger partial charge in [0.15, 0.2) is 0 Å². The van der Waals surface area contributed by atoms with Crippen LogP contribution in [0.1, 0.15) is 50.7 Å². The second kappa shape index (κ2) is 11.0. The first-order valence-corrected chi connectivity index (χ1v) is 23.9. The van der Waals surface area contributed by atoms with Gasteiger partial charge in [0.1, 0.15) is 0 Å². The molecule has 0 unspecified atom stereocenters. The molecule has 0 atom stereocenters. The molecule has 2 nitrogen and oxygen atoms in total. The van der Waals surface area contributed by atoms with Crippen LogP contribution in [-0.2, 0) is 0 Å². The van der Waals surface area contributed by atoms with E-state index in [0.29, 0.717) is 11.8 Å². The average Bonchev–Trinajstić information content (AvgIpc) is 3.58. The predicted octanol–water partition coefficient (Wildman–Crippen LogP) is 11.5. The van der Waals surface area contributed by atoms with Gasteiger partial charge in [-0.3, -0.25) is 0 Å². The summed E-state index contributed by atoms with van der Waals surface area (Å²) in [6, 6.07) is 38.3. The molecule has 0 spiro atoms. The SMILES string of the molecule is CC(C)c1cc(-c2ccccc2)cc(C(C)C)c1-n1c(-c2cccc3c2sc2c[c]([Ge]([CH3])([CH3])[CH3])ccc23)nc2ccccc21. The Hall–Kier alpha value is -3.67. The van der Waals surface area contributed by atoms with Crippen molar-refractivity contribution in [3.05, 3.63) is 114 Å². The Balaban J connectivity index is 1.56. The number of thiophene rings is 1. The summed E-state index contributed by atoms with van der Waals surface area (Å²) in [5, 5.41) is 2.67. The van der Waals surface area contributed by atoms with E-state index in [1.807, 2.05) is 11.3 Å². The second-order valence-corrected chi connectivity index (χ2v) is 25.4. The van der Waals surface area contributed by atoms with Crippen LogP contribution in [0, 0.1) is 0 Å². The third-order valence-corrected chi connectivity index (χ3v) is 14.4.